The SMILES string of the molecule is CCOC(=O)c1cnc(SCCC(C)(C)C)nc1N. The first-order chi connectivity index (χ1) is 8.83. The Hall–Kier alpha value is -1.30. The predicted molar refractivity (Wildman–Crippen MR) is 77.2 cm³/mol. The first kappa shape index (κ1) is 15.8. The molecule has 0 unspecified atom stereocenters. The Morgan fingerprint density at radius 1 is 1.47 bits per heavy atom. The summed E-state index contributed by atoms with van der Waals surface area (Å²) in [6, 6.07) is 0. The Morgan fingerprint density at radius 3 is 2.68 bits per heavy atom. The summed E-state index contributed by atoms with van der Waals surface area (Å²) in [5.74, 6) is 0.611. The Balaban J connectivity index is 2.64. The molecule has 19 heavy (non-hydrogen) atoms. The maximum absolute atomic E-state index is 11.5. The number of hydrogen-bond acceptors (Lipinski definition) is 6. The van der Waals surface area contributed by atoms with E-state index in [4.69, 9.17) is 10.5 Å². The molecule has 5 nitrogen and oxygen atoms in total. The molecular formula is C13H21N3O2S. The summed E-state index contributed by atoms with van der Waals surface area (Å²) in [5.41, 5.74) is 6.25. The smallest absolute Gasteiger partial charge is 0.343 e. The van der Waals surface area contributed by atoms with Crippen LogP contribution in [0.25, 0.3) is 0 Å². The van der Waals surface area contributed by atoms with Gasteiger partial charge in [-0.1, -0.05) is 32.5 Å². The fourth-order valence-corrected chi connectivity index (χ4v) is 2.45. The Kier molecular flexibility index (Phi) is 5.60. The largest absolute Gasteiger partial charge is 0.462 e. The van der Waals surface area contributed by atoms with Crippen LogP contribution in [-0.2, 0) is 4.74 Å². The van der Waals surface area contributed by atoms with Crippen LogP contribution in [0, 0.1) is 5.41 Å². The van der Waals surface area contributed by atoms with Crippen LogP contribution in [-0.4, -0.2) is 28.3 Å². The summed E-state index contributed by atoms with van der Waals surface area (Å²) in [5, 5.41) is 0.592. The molecule has 1 aromatic heterocycles. The van der Waals surface area contributed by atoms with E-state index in [2.05, 4.69) is 30.7 Å². The van der Waals surface area contributed by atoms with Crippen molar-refractivity contribution in [1.29, 1.82) is 0 Å². The van der Waals surface area contributed by atoms with E-state index in [1.807, 2.05) is 0 Å². The second kappa shape index (κ2) is 6.75. The lowest BCUT2D eigenvalue weighted by atomic mass is 9.94. The van der Waals surface area contributed by atoms with Crippen molar-refractivity contribution in [3.63, 3.8) is 0 Å². The van der Waals surface area contributed by atoms with Gasteiger partial charge in [0, 0.05) is 11.9 Å². The number of ether oxygens (including phenoxy) is 1. The molecular weight excluding hydrogens is 262 g/mol. The quantitative estimate of drug-likeness (QED) is 0.508. The lowest BCUT2D eigenvalue weighted by Crippen LogP contribution is -2.11. The van der Waals surface area contributed by atoms with Gasteiger partial charge < -0.3 is 10.5 Å². The number of anilines is 1. The second-order valence-electron chi connectivity index (χ2n) is 5.33. The number of thioether (sulfide) groups is 1. The number of aromatic nitrogens is 2. The van der Waals surface area contributed by atoms with E-state index in [1.54, 1.807) is 18.7 Å². The highest BCUT2D eigenvalue weighted by atomic mass is 32.2. The monoisotopic (exact) mass is 283 g/mol. The van der Waals surface area contributed by atoms with E-state index in [-0.39, 0.29) is 16.8 Å². The Labute approximate surface area is 118 Å². The van der Waals surface area contributed by atoms with Gasteiger partial charge in [0.2, 0.25) is 0 Å². The van der Waals surface area contributed by atoms with Gasteiger partial charge in [-0.3, -0.25) is 0 Å². The summed E-state index contributed by atoms with van der Waals surface area (Å²) in [4.78, 5) is 19.8. The minimum absolute atomic E-state index is 0.173. The van der Waals surface area contributed by atoms with Gasteiger partial charge >= 0.3 is 5.97 Å². The van der Waals surface area contributed by atoms with Gasteiger partial charge in [0.05, 0.1) is 6.61 Å². The van der Waals surface area contributed by atoms with E-state index in [9.17, 15) is 4.79 Å². The number of carbonyl (C=O) groups excluding carboxylic acids is 1. The van der Waals surface area contributed by atoms with Crippen molar-refractivity contribution < 1.29 is 9.53 Å². The van der Waals surface area contributed by atoms with Gasteiger partial charge in [0.1, 0.15) is 11.4 Å². The van der Waals surface area contributed by atoms with Crippen molar-refractivity contribution in [2.24, 2.45) is 5.41 Å². The van der Waals surface area contributed by atoms with Gasteiger partial charge in [-0.2, -0.15) is 0 Å². The number of nitrogens with zero attached hydrogens (tertiary/aromatic N) is 2. The normalized spacial score (nSPS) is 11.4. The van der Waals surface area contributed by atoms with Crippen LogP contribution in [0.15, 0.2) is 11.4 Å². The fraction of sp³-hybridized carbons (Fsp3) is 0.615. The van der Waals surface area contributed by atoms with Crippen LogP contribution in [0.2, 0.25) is 0 Å². The first-order valence-corrected chi connectivity index (χ1v) is 7.24. The van der Waals surface area contributed by atoms with Crippen LogP contribution in [0.3, 0.4) is 0 Å². The minimum Gasteiger partial charge on any atom is -0.462 e. The molecule has 0 aromatic carbocycles. The maximum Gasteiger partial charge on any atom is 0.343 e. The fourth-order valence-electron chi connectivity index (χ4n) is 1.26. The van der Waals surface area contributed by atoms with E-state index < -0.39 is 5.97 Å². The zero-order valence-electron chi connectivity index (χ0n) is 11.9. The van der Waals surface area contributed by atoms with Crippen molar-refractivity contribution >= 4 is 23.5 Å². The van der Waals surface area contributed by atoms with Crippen molar-refractivity contribution in [2.45, 2.75) is 39.3 Å². The first-order valence-electron chi connectivity index (χ1n) is 6.26. The molecule has 0 radical (unpaired) electrons. The van der Waals surface area contributed by atoms with Crippen molar-refractivity contribution in [3.05, 3.63) is 11.8 Å². The summed E-state index contributed by atoms with van der Waals surface area (Å²) >= 11 is 1.54. The molecule has 0 amide bonds. The summed E-state index contributed by atoms with van der Waals surface area (Å²) in [7, 11) is 0. The molecule has 106 valence electrons. The van der Waals surface area contributed by atoms with Crippen molar-refractivity contribution in [3.8, 4) is 0 Å². The summed E-state index contributed by atoms with van der Waals surface area (Å²) in [6.45, 7) is 8.61. The van der Waals surface area contributed by atoms with Crippen LogP contribution < -0.4 is 5.73 Å². The molecule has 0 saturated heterocycles. The average molecular weight is 283 g/mol. The molecule has 2 N–H and O–H groups in total. The molecule has 0 saturated carbocycles. The lowest BCUT2D eigenvalue weighted by Gasteiger charge is -2.16. The highest BCUT2D eigenvalue weighted by Crippen LogP contribution is 2.24. The van der Waals surface area contributed by atoms with Crippen LogP contribution in [0.1, 0.15) is 44.5 Å². The highest BCUT2D eigenvalue weighted by molar-refractivity contribution is 7.99. The standard InChI is InChI=1S/C13H21N3O2S/c1-5-18-11(17)9-8-15-12(16-10(9)14)19-7-6-13(2,3)4/h8H,5-7H2,1-4H3,(H2,14,15,16). The minimum atomic E-state index is -0.480. The zero-order chi connectivity index (χ0) is 14.5. The number of nitrogen functional groups attached to an aromatic ring is 1. The molecule has 0 spiro atoms. The third kappa shape index (κ3) is 5.46. The van der Waals surface area contributed by atoms with Crippen LogP contribution in [0.4, 0.5) is 5.82 Å². The van der Waals surface area contributed by atoms with Gasteiger partial charge in [-0.05, 0) is 18.8 Å². The lowest BCUT2D eigenvalue weighted by molar-refractivity contribution is 0.0526. The number of nitrogens with two attached hydrogens (primary N) is 1. The topological polar surface area (TPSA) is 78.1 Å². The second-order valence-corrected chi connectivity index (χ2v) is 6.39. The summed E-state index contributed by atoms with van der Waals surface area (Å²) in [6.07, 6.45) is 2.49. The molecule has 0 atom stereocenters. The zero-order valence-corrected chi connectivity index (χ0v) is 12.7. The van der Waals surface area contributed by atoms with Crippen LogP contribution >= 0.6 is 11.8 Å². The van der Waals surface area contributed by atoms with Gasteiger partial charge in [0.15, 0.2) is 5.16 Å². The molecule has 1 heterocycles. The average Bonchev–Trinajstić information content (AvgIpc) is 2.27. The molecule has 1 rings (SSSR count). The van der Waals surface area contributed by atoms with Gasteiger partial charge in [0.25, 0.3) is 0 Å². The molecule has 0 fully saturated rings. The Bertz CT molecular complexity index is 444. The van der Waals surface area contributed by atoms with E-state index >= 15 is 0 Å². The highest BCUT2D eigenvalue weighted by Gasteiger charge is 2.14. The number of esters is 1. The number of hydrogen-bond donors (Lipinski definition) is 1. The molecule has 0 aliphatic carbocycles. The third-order valence-electron chi connectivity index (χ3n) is 2.37. The number of rotatable bonds is 5. The van der Waals surface area contributed by atoms with E-state index in [1.165, 1.54) is 6.20 Å². The number of carbonyl (C=O) groups is 1. The van der Waals surface area contributed by atoms with Crippen LogP contribution in [0.5, 0.6) is 0 Å². The predicted octanol–water partition coefficient (Wildman–Crippen LogP) is 2.76. The molecule has 1 aromatic rings. The molecule has 0 aliphatic heterocycles. The molecule has 6 heteroatoms. The van der Waals surface area contributed by atoms with Crippen molar-refractivity contribution in [1.82, 2.24) is 9.97 Å². The maximum atomic E-state index is 11.5. The van der Waals surface area contributed by atoms with Gasteiger partial charge in [-0.15, -0.1) is 0 Å². The summed E-state index contributed by atoms with van der Waals surface area (Å²) < 4.78 is 4.87. The molecule has 0 aliphatic rings. The van der Waals surface area contributed by atoms with E-state index in [0.29, 0.717) is 11.8 Å². The van der Waals surface area contributed by atoms with Gasteiger partial charge in [-0.25, -0.2) is 14.8 Å². The van der Waals surface area contributed by atoms with E-state index in [0.717, 1.165) is 12.2 Å². The Morgan fingerprint density at radius 2 is 2.16 bits per heavy atom. The third-order valence-corrected chi connectivity index (χ3v) is 3.24. The molecule has 0 bridgehead atoms. The van der Waals surface area contributed by atoms with Crippen molar-refractivity contribution in [2.75, 3.05) is 18.1 Å².